The van der Waals surface area contributed by atoms with Gasteiger partial charge in [-0.25, -0.2) is 4.79 Å². The molecule has 1 rings (SSSR count). The van der Waals surface area contributed by atoms with Gasteiger partial charge in [0.1, 0.15) is 6.04 Å². The van der Waals surface area contributed by atoms with Crippen molar-refractivity contribution in [3.05, 3.63) is 96.7 Å². The Morgan fingerprint density at radius 1 is 0.757 bits per heavy atom. The summed E-state index contributed by atoms with van der Waals surface area (Å²) >= 11 is 0. The van der Waals surface area contributed by atoms with Crippen molar-refractivity contribution in [2.75, 3.05) is 0 Å². The second-order valence-corrected chi connectivity index (χ2v) is 8.44. The molecular weight excluding hydrogens is 466 g/mol. The van der Waals surface area contributed by atoms with E-state index in [0.29, 0.717) is 12.0 Å². The Bertz CT molecular complexity index is 985. The van der Waals surface area contributed by atoms with Gasteiger partial charge in [0.05, 0.1) is 0 Å². The average Bonchev–Trinajstić information content (AvgIpc) is 2.87. The summed E-state index contributed by atoms with van der Waals surface area (Å²) in [6.45, 7) is 2.14. The Kier molecular flexibility index (Phi) is 17.2. The van der Waals surface area contributed by atoms with E-state index in [4.69, 9.17) is 0 Å². The van der Waals surface area contributed by atoms with E-state index in [1.54, 1.807) is 0 Å². The number of amides is 1. The first-order valence-corrected chi connectivity index (χ1v) is 12.9. The van der Waals surface area contributed by atoms with Gasteiger partial charge in [-0.1, -0.05) is 85.9 Å². The third-order valence-corrected chi connectivity index (χ3v) is 5.25. The lowest BCUT2D eigenvalue weighted by Gasteiger charge is -2.14. The topological polar surface area (TPSA) is 107 Å². The van der Waals surface area contributed by atoms with Crippen molar-refractivity contribution in [3.8, 4) is 11.5 Å². The Morgan fingerprint density at radius 3 is 1.70 bits per heavy atom. The van der Waals surface area contributed by atoms with Gasteiger partial charge in [-0.15, -0.1) is 0 Å². The van der Waals surface area contributed by atoms with E-state index in [0.717, 1.165) is 38.5 Å². The number of hydrogen-bond donors (Lipinski definition) is 4. The highest BCUT2D eigenvalue weighted by Crippen LogP contribution is 2.25. The summed E-state index contributed by atoms with van der Waals surface area (Å²) < 4.78 is 0. The van der Waals surface area contributed by atoms with Gasteiger partial charge in [-0.05, 0) is 62.6 Å². The molecule has 0 saturated heterocycles. The Hall–Kier alpha value is -3.80. The summed E-state index contributed by atoms with van der Waals surface area (Å²) in [4.78, 5) is 23.6. The zero-order chi connectivity index (χ0) is 27.1. The number of carbonyl (C=O) groups excluding carboxylic acids is 1. The molecule has 4 N–H and O–H groups in total. The van der Waals surface area contributed by atoms with Gasteiger partial charge >= 0.3 is 5.97 Å². The molecular formula is C31H41NO5. The van der Waals surface area contributed by atoms with Crippen molar-refractivity contribution in [3.63, 3.8) is 0 Å². The maximum absolute atomic E-state index is 12.1. The molecule has 37 heavy (non-hydrogen) atoms. The van der Waals surface area contributed by atoms with Crippen LogP contribution in [0.1, 0.15) is 63.9 Å². The van der Waals surface area contributed by atoms with Crippen LogP contribution in [0.4, 0.5) is 0 Å². The molecule has 0 saturated carbocycles. The third-order valence-electron chi connectivity index (χ3n) is 5.25. The van der Waals surface area contributed by atoms with Crippen LogP contribution in [0.15, 0.2) is 91.1 Å². The van der Waals surface area contributed by atoms with E-state index >= 15 is 0 Å². The molecule has 0 aromatic heterocycles. The first-order chi connectivity index (χ1) is 17.9. The Labute approximate surface area is 221 Å². The number of carboxylic acids is 1. The van der Waals surface area contributed by atoms with Gasteiger partial charge in [0, 0.05) is 12.8 Å². The standard InChI is InChI=1S/C31H41NO5/c1-2-3-4-5-6-7-8-9-10-11-12-13-14-15-16-17-18-19-20-21-30(35)32-27(31(36)37)24-26-22-23-28(33)29(34)25-26/h3-4,6-7,9-10,12-13,15-16,18-19,22-23,25,27,33-34H,2,5,8,11,14,17,20-21,24H2,1H3,(H,32,35)(H,36,37)/b4-3-,7-6-,10-9-,13-12-,16-15-,19-18-/t27-/m0/s1. The number of hydrogen-bond acceptors (Lipinski definition) is 4. The average molecular weight is 508 g/mol. The van der Waals surface area contributed by atoms with E-state index < -0.39 is 12.0 Å². The minimum Gasteiger partial charge on any atom is -0.504 e. The number of nitrogens with one attached hydrogen (secondary N) is 1. The molecule has 0 aliphatic heterocycles. The second-order valence-electron chi connectivity index (χ2n) is 8.44. The van der Waals surface area contributed by atoms with Gasteiger partial charge in [0.25, 0.3) is 0 Å². The van der Waals surface area contributed by atoms with E-state index in [9.17, 15) is 24.9 Å². The summed E-state index contributed by atoms with van der Waals surface area (Å²) in [5, 5.41) is 30.8. The number of aromatic hydroxyl groups is 2. The molecule has 0 aliphatic rings. The van der Waals surface area contributed by atoms with Gasteiger partial charge in [-0.3, -0.25) is 4.79 Å². The molecule has 0 heterocycles. The van der Waals surface area contributed by atoms with Crippen LogP contribution in [0.25, 0.3) is 0 Å². The molecule has 0 aliphatic carbocycles. The van der Waals surface area contributed by atoms with E-state index in [-0.39, 0.29) is 30.2 Å². The Balaban J connectivity index is 2.17. The van der Waals surface area contributed by atoms with E-state index in [2.05, 4.69) is 73.0 Å². The van der Waals surface area contributed by atoms with Crippen molar-refractivity contribution in [1.29, 1.82) is 0 Å². The molecule has 6 heteroatoms. The molecule has 0 radical (unpaired) electrons. The van der Waals surface area contributed by atoms with Crippen molar-refractivity contribution in [2.24, 2.45) is 0 Å². The number of rotatable bonds is 18. The minimum atomic E-state index is -1.16. The summed E-state index contributed by atoms with van der Waals surface area (Å²) in [6.07, 6.45) is 31.8. The quantitative estimate of drug-likeness (QED) is 0.131. The van der Waals surface area contributed by atoms with Crippen LogP contribution in [0, 0.1) is 0 Å². The minimum absolute atomic E-state index is 0.00875. The Morgan fingerprint density at radius 2 is 1.24 bits per heavy atom. The number of aliphatic carboxylic acids is 1. The third kappa shape index (κ3) is 16.5. The first-order valence-electron chi connectivity index (χ1n) is 12.9. The molecule has 0 spiro atoms. The molecule has 0 fully saturated rings. The predicted molar refractivity (Wildman–Crippen MR) is 150 cm³/mol. The fourth-order valence-corrected chi connectivity index (χ4v) is 3.25. The highest BCUT2D eigenvalue weighted by molar-refractivity contribution is 5.83. The summed E-state index contributed by atoms with van der Waals surface area (Å²) in [5.41, 5.74) is 0.500. The summed E-state index contributed by atoms with van der Waals surface area (Å²) in [6, 6.07) is 2.97. The maximum atomic E-state index is 12.1. The highest BCUT2D eigenvalue weighted by Gasteiger charge is 2.20. The lowest BCUT2D eigenvalue weighted by Crippen LogP contribution is -2.42. The molecule has 0 unspecified atom stereocenters. The highest BCUT2D eigenvalue weighted by atomic mass is 16.4. The van der Waals surface area contributed by atoms with Crippen LogP contribution >= 0.6 is 0 Å². The molecule has 0 bridgehead atoms. The van der Waals surface area contributed by atoms with Crippen LogP contribution in [0.2, 0.25) is 0 Å². The number of carbonyl (C=O) groups is 2. The zero-order valence-electron chi connectivity index (χ0n) is 21.8. The molecule has 1 aromatic carbocycles. The second kappa shape index (κ2) is 20.4. The largest absolute Gasteiger partial charge is 0.504 e. The molecule has 200 valence electrons. The van der Waals surface area contributed by atoms with Crippen molar-refractivity contribution in [2.45, 2.75) is 70.8 Å². The van der Waals surface area contributed by atoms with Crippen LogP contribution in [0.3, 0.4) is 0 Å². The van der Waals surface area contributed by atoms with Crippen molar-refractivity contribution >= 4 is 11.9 Å². The molecule has 1 amide bonds. The van der Waals surface area contributed by atoms with E-state index in [1.165, 1.54) is 18.2 Å². The number of phenols is 2. The summed E-state index contributed by atoms with van der Waals surface area (Å²) in [5.74, 6) is -2.12. The van der Waals surface area contributed by atoms with Crippen molar-refractivity contribution < 1.29 is 24.9 Å². The van der Waals surface area contributed by atoms with Crippen LogP contribution in [0.5, 0.6) is 11.5 Å². The fraction of sp³-hybridized carbons (Fsp3) is 0.355. The van der Waals surface area contributed by atoms with E-state index in [1.807, 2.05) is 12.2 Å². The van der Waals surface area contributed by atoms with Crippen molar-refractivity contribution in [1.82, 2.24) is 5.32 Å². The number of phenolic OH excluding ortho intramolecular Hbond substituents is 2. The number of benzene rings is 1. The van der Waals surface area contributed by atoms with Crippen LogP contribution in [-0.2, 0) is 16.0 Å². The smallest absolute Gasteiger partial charge is 0.326 e. The SMILES string of the molecule is CC/C=C\C/C=C\C/C=C\C/C=C\C/C=C\C/C=C\CCC(=O)N[C@@H](Cc1ccc(O)c(O)c1)C(=O)O. The molecule has 6 nitrogen and oxygen atoms in total. The molecule has 1 aromatic rings. The monoisotopic (exact) mass is 507 g/mol. The summed E-state index contributed by atoms with van der Waals surface area (Å²) in [7, 11) is 0. The van der Waals surface area contributed by atoms with Gasteiger partial charge in [0.15, 0.2) is 11.5 Å². The first kappa shape index (κ1) is 31.2. The zero-order valence-corrected chi connectivity index (χ0v) is 21.8. The lowest BCUT2D eigenvalue weighted by atomic mass is 10.0. The van der Waals surface area contributed by atoms with Gasteiger partial charge < -0.3 is 20.6 Å². The van der Waals surface area contributed by atoms with Crippen LogP contribution < -0.4 is 5.32 Å². The van der Waals surface area contributed by atoms with Gasteiger partial charge in [-0.2, -0.15) is 0 Å². The fourth-order valence-electron chi connectivity index (χ4n) is 3.25. The molecule has 1 atom stereocenters. The normalized spacial score (nSPS) is 13.2. The lowest BCUT2D eigenvalue weighted by molar-refractivity contribution is -0.141. The van der Waals surface area contributed by atoms with Crippen LogP contribution in [-0.4, -0.2) is 33.2 Å². The number of carboxylic acid groups (broad SMARTS) is 1. The van der Waals surface area contributed by atoms with Gasteiger partial charge in [0.2, 0.25) is 5.91 Å². The maximum Gasteiger partial charge on any atom is 0.326 e. The predicted octanol–water partition coefficient (Wildman–Crippen LogP) is 6.69. The number of allylic oxidation sites excluding steroid dienone is 12.